The number of guanidine groups is 1. The van der Waals surface area contributed by atoms with Crippen LogP contribution >= 0.6 is 24.0 Å². The van der Waals surface area contributed by atoms with Crippen molar-refractivity contribution in [3.63, 3.8) is 0 Å². The highest BCUT2D eigenvalue weighted by Gasteiger charge is 2.18. The van der Waals surface area contributed by atoms with Gasteiger partial charge in [0.1, 0.15) is 0 Å². The van der Waals surface area contributed by atoms with Crippen molar-refractivity contribution in [2.45, 2.75) is 24.8 Å². The van der Waals surface area contributed by atoms with Gasteiger partial charge in [-0.25, -0.2) is 13.1 Å². The van der Waals surface area contributed by atoms with Crippen LogP contribution in [0.1, 0.15) is 13.8 Å². The molecule has 1 aliphatic heterocycles. The van der Waals surface area contributed by atoms with Gasteiger partial charge in [-0.15, -0.1) is 24.0 Å². The first kappa shape index (κ1) is 27.5. The van der Waals surface area contributed by atoms with Crippen LogP contribution in [0.25, 0.3) is 0 Å². The number of benzene rings is 1. The fourth-order valence-corrected chi connectivity index (χ4v) is 3.98. The lowest BCUT2D eigenvalue weighted by molar-refractivity contribution is -0.385. The monoisotopic (exact) mass is 570 g/mol. The Kier molecular flexibility index (Phi) is 12.2. The Labute approximate surface area is 200 Å². The van der Waals surface area contributed by atoms with Crippen molar-refractivity contribution in [2.75, 3.05) is 52.5 Å². The number of non-ortho nitro benzene ring substituents is 1. The molecule has 11 nitrogen and oxygen atoms in total. The van der Waals surface area contributed by atoms with Crippen LogP contribution < -0.4 is 15.4 Å². The maximum atomic E-state index is 12.3. The number of sulfonamides is 1. The minimum absolute atomic E-state index is 0. The predicted molar refractivity (Wildman–Crippen MR) is 130 cm³/mol. The van der Waals surface area contributed by atoms with Crippen molar-refractivity contribution in [1.82, 2.24) is 20.3 Å². The average Bonchev–Trinajstić information content (AvgIpc) is 2.75. The first-order chi connectivity index (χ1) is 14.3. The Bertz CT molecular complexity index is 832. The van der Waals surface area contributed by atoms with Gasteiger partial charge in [-0.05, 0) is 19.9 Å². The fraction of sp³-hybridized carbons (Fsp3) is 0.611. The normalized spacial score (nSPS) is 16.3. The van der Waals surface area contributed by atoms with Gasteiger partial charge in [0.2, 0.25) is 10.0 Å². The number of hydrogen-bond donors (Lipinski definition) is 3. The van der Waals surface area contributed by atoms with Gasteiger partial charge in [-0.2, -0.15) is 0 Å². The molecule has 1 aromatic rings. The molecular formula is C18H31IN6O5S. The van der Waals surface area contributed by atoms with Gasteiger partial charge < -0.3 is 15.4 Å². The summed E-state index contributed by atoms with van der Waals surface area (Å²) in [5.41, 5.74) is -0.271. The SMILES string of the molecule is CCNC(=NCC(C)N1CCOCC1)NCCNS(=O)(=O)c1cccc([N+](=O)[O-])c1.I. The zero-order valence-corrected chi connectivity index (χ0v) is 20.9. The van der Waals surface area contributed by atoms with E-state index in [0.29, 0.717) is 25.6 Å². The van der Waals surface area contributed by atoms with Gasteiger partial charge in [-0.1, -0.05) is 6.07 Å². The van der Waals surface area contributed by atoms with E-state index in [1.165, 1.54) is 18.2 Å². The number of aliphatic imine (C=N–C) groups is 1. The third-order valence-corrected chi connectivity index (χ3v) is 6.03. The van der Waals surface area contributed by atoms with Crippen molar-refractivity contribution in [3.05, 3.63) is 34.4 Å². The molecule has 0 amide bonds. The van der Waals surface area contributed by atoms with Gasteiger partial charge >= 0.3 is 0 Å². The summed E-state index contributed by atoms with van der Waals surface area (Å²) < 4.78 is 32.5. The second-order valence-electron chi connectivity index (χ2n) is 6.80. The first-order valence-electron chi connectivity index (χ1n) is 9.91. The summed E-state index contributed by atoms with van der Waals surface area (Å²) >= 11 is 0. The van der Waals surface area contributed by atoms with Crippen LogP contribution in [0.15, 0.2) is 34.2 Å². The molecule has 1 atom stereocenters. The molecule has 0 bridgehead atoms. The summed E-state index contributed by atoms with van der Waals surface area (Å²) in [6.45, 7) is 9.01. The van der Waals surface area contributed by atoms with Crippen LogP contribution in [-0.4, -0.2) is 82.7 Å². The molecule has 13 heteroatoms. The number of hydrogen-bond acceptors (Lipinski definition) is 7. The van der Waals surface area contributed by atoms with Gasteiger partial charge in [0.15, 0.2) is 5.96 Å². The van der Waals surface area contributed by atoms with Crippen molar-refractivity contribution < 1.29 is 18.1 Å². The molecule has 0 aromatic heterocycles. The third-order valence-electron chi connectivity index (χ3n) is 4.58. The molecule has 2 rings (SSSR count). The average molecular weight is 570 g/mol. The van der Waals surface area contributed by atoms with E-state index in [2.05, 4.69) is 32.2 Å². The van der Waals surface area contributed by atoms with E-state index < -0.39 is 14.9 Å². The first-order valence-corrected chi connectivity index (χ1v) is 11.4. The highest BCUT2D eigenvalue weighted by molar-refractivity contribution is 14.0. The van der Waals surface area contributed by atoms with Gasteiger partial charge in [0, 0.05) is 50.9 Å². The van der Waals surface area contributed by atoms with E-state index in [1.807, 2.05) is 6.92 Å². The second kappa shape index (κ2) is 13.8. The van der Waals surface area contributed by atoms with E-state index in [-0.39, 0.29) is 47.1 Å². The van der Waals surface area contributed by atoms with Crippen LogP contribution in [-0.2, 0) is 14.8 Å². The summed E-state index contributed by atoms with van der Waals surface area (Å²) in [5.74, 6) is 0.604. The zero-order valence-electron chi connectivity index (χ0n) is 17.7. The van der Waals surface area contributed by atoms with Crippen molar-refractivity contribution in [3.8, 4) is 0 Å². The molecule has 0 radical (unpaired) electrons. The van der Waals surface area contributed by atoms with Crippen LogP contribution in [0.4, 0.5) is 5.69 Å². The lowest BCUT2D eigenvalue weighted by atomic mass is 10.2. The standard InChI is InChI=1S/C18H30N6O5S.HI/c1-3-19-18(21-14-15(2)23-9-11-29-12-10-23)20-7-8-22-30(27,28)17-6-4-5-16(13-17)24(25)26;/h4-6,13,15,22H,3,7-12,14H2,1-2H3,(H2,19,20,21);1H. The lowest BCUT2D eigenvalue weighted by Crippen LogP contribution is -2.45. The molecule has 1 saturated heterocycles. The van der Waals surface area contributed by atoms with Crippen molar-refractivity contribution in [2.24, 2.45) is 4.99 Å². The molecule has 1 aliphatic rings. The Balaban J connectivity index is 0.00000480. The number of morpholine rings is 1. The highest BCUT2D eigenvalue weighted by atomic mass is 127. The van der Waals surface area contributed by atoms with E-state index >= 15 is 0 Å². The largest absolute Gasteiger partial charge is 0.379 e. The zero-order chi connectivity index (χ0) is 22.0. The van der Waals surface area contributed by atoms with Crippen molar-refractivity contribution >= 4 is 45.6 Å². The fourth-order valence-electron chi connectivity index (χ4n) is 2.91. The summed E-state index contributed by atoms with van der Waals surface area (Å²) in [7, 11) is -3.84. The highest BCUT2D eigenvalue weighted by Crippen LogP contribution is 2.16. The van der Waals surface area contributed by atoms with E-state index in [0.717, 1.165) is 32.4 Å². The van der Waals surface area contributed by atoms with Crippen molar-refractivity contribution in [1.29, 1.82) is 0 Å². The van der Waals surface area contributed by atoms with E-state index in [9.17, 15) is 18.5 Å². The quantitative estimate of drug-likeness (QED) is 0.0937. The molecule has 176 valence electrons. The van der Waals surface area contributed by atoms with Crippen LogP contribution in [0.5, 0.6) is 0 Å². The number of ether oxygens (including phenoxy) is 1. The number of nitrogens with one attached hydrogen (secondary N) is 3. The molecule has 1 unspecified atom stereocenters. The molecule has 1 fully saturated rings. The summed E-state index contributed by atoms with van der Waals surface area (Å²) in [6, 6.07) is 5.22. The smallest absolute Gasteiger partial charge is 0.270 e. The molecule has 1 heterocycles. The van der Waals surface area contributed by atoms with Crippen LogP contribution in [0.3, 0.4) is 0 Å². The van der Waals surface area contributed by atoms with Gasteiger partial charge in [0.25, 0.3) is 5.69 Å². The molecule has 1 aromatic carbocycles. The number of rotatable bonds is 10. The Morgan fingerprint density at radius 1 is 1.29 bits per heavy atom. The Morgan fingerprint density at radius 3 is 2.65 bits per heavy atom. The summed E-state index contributed by atoms with van der Waals surface area (Å²) in [4.78, 5) is 17.0. The number of nitrogens with zero attached hydrogens (tertiary/aromatic N) is 3. The maximum absolute atomic E-state index is 12.3. The lowest BCUT2D eigenvalue weighted by Gasteiger charge is -2.31. The van der Waals surface area contributed by atoms with Crippen LogP contribution in [0, 0.1) is 10.1 Å². The molecule has 0 saturated carbocycles. The summed E-state index contributed by atoms with van der Waals surface area (Å²) in [6.07, 6.45) is 0. The number of nitro benzene ring substituents is 1. The molecule has 31 heavy (non-hydrogen) atoms. The predicted octanol–water partition coefficient (Wildman–Crippen LogP) is 0.767. The Hall–Kier alpha value is -1.55. The minimum atomic E-state index is -3.84. The topological polar surface area (TPSA) is 138 Å². The van der Waals surface area contributed by atoms with Crippen LogP contribution in [0.2, 0.25) is 0 Å². The summed E-state index contributed by atoms with van der Waals surface area (Å²) in [5, 5.41) is 17.1. The molecule has 3 N–H and O–H groups in total. The maximum Gasteiger partial charge on any atom is 0.270 e. The van der Waals surface area contributed by atoms with Gasteiger partial charge in [0.05, 0.1) is 29.6 Å². The van der Waals surface area contributed by atoms with E-state index in [1.54, 1.807) is 0 Å². The van der Waals surface area contributed by atoms with Gasteiger partial charge in [-0.3, -0.25) is 20.0 Å². The van der Waals surface area contributed by atoms with E-state index in [4.69, 9.17) is 4.74 Å². The molecule has 0 spiro atoms. The molecule has 0 aliphatic carbocycles. The number of nitro groups is 1. The second-order valence-corrected chi connectivity index (χ2v) is 8.56. The minimum Gasteiger partial charge on any atom is -0.379 e. The third kappa shape index (κ3) is 9.22. The Morgan fingerprint density at radius 2 is 2.00 bits per heavy atom. The number of halogens is 1. The molecular weight excluding hydrogens is 539 g/mol.